The van der Waals surface area contributed by atoms with Gasteiger partial charge < -0.3 is 0 Å². The average molecular weight is 491 g/mol. The van der Waals surface area contributed by atoms with Crippen LogP contribution in [-0.2, 0) is 0 Å². The summed E-state index contributed by atoms with van der Waals surface area (Å²) >= 11 is 0. The summed E-state index contributed by atoms with van der Waals surface area (Å²) < 4.78 is 0. The fourth-order valence-electron chi connectivity index (χ4n) is 10.4. The van der Waals surface area contributed by atoms with Gasteiger partial charge in [0.1, 0.15) is 0 Å². The van der Waals surface area contributed by atoms with Crippen LogP contribution in [0.5, 0.6) is 0 Å². The summed E-state index contributed by atoms with van der Waals surface area (Å²) in [4.78, 5) is 10.6. The molecule has 0 saturated heterocycles. The number of hydrogen-bond acceptors (Lipinski definition) is 2. The normalized spacial score (nSPS) is 44.5. The van der Waals surface area contributed by atoms with Gasteiger partial charge in [-0.05, 0) is 148 Å². The minimum absolute atomic E-state index is 0.871. The molecule has 0 N–H and O–H groups in total. The fraction of sp³-hybridized carbons (Fsp3) is 0.733. The standard InChI is InChI=1S/C30H40N2P2/c1-2-4-28-27(3-1)31-29(33-15-25-21-7-17-5-18(9-21)10-22(25)8-17)30(32-28)34-16-26-23-11-19-6-20(13-23)14-24(26)12-19/h1-4,17-26,33-34H,5-16H2. The zero-order valence-electron chi connectivity index (χ0n) is 20.5. The van der Waals surface area contributed by atoms with Crippen molar-refractivity contribution < 1.29 is 0 Å². The topological polar surface area (TPSA) is 25.8 Å². The molecule has 4 heteroatoms. The summed E-state index contributed by atoms with van der Waals surface area (Å²) in [5.74, 6) is 10.5. The summed E-state index contributed by atoms with van der Waals surface area (Å²) in [6, 6.07) is 8.64. The molecule has 180 valence electrons. The molecular formula is C30H40N2P2. The van der Waals surface area contributed by atoms with E-state index >= 15 is 0 Å². The molecule has 2 nitrogen and oxygen atoms in total. The molecule has 1 aromatic carbocycles. The number of para-hydroxylation sites is 2. The van der Waals surface area contributed by atoms with Crippen molar-refractivity contribution in [2.24, 2.45) is 59.2 Å². The molecule has 2 aromatic rings. The summed E-state index contributed by atoms with van der Waals surface area (Å²) in [6.07, 6.45) is 18.3. The third-order valence-electron chi connectivity index (χ3n) is 11.4. The number of nitrogens with zero attached hydrogens (tertiary/aromatic N) is 2. The number of fused-ring (bicyclic) bond motifs is 1. The molecule has 8 saturated carbocycles. The van der Waals surface area contributed by atoms with Gasteiger partial charge in [0, 0.05) is 0 Å². The lowest BCUT2D eigenvalue weighted by atomic mass is 9.52. The average Bonchev–Trinajstić information content (AvgIpc) is 2.82. The summed E-state index contributed by atoms with van der Waals surface area (Å²) in [5.41, 5.74) is 5.04. The molecule has 0 spiro atoms. The second-order valence-electron chi connectivity index (χ2n) is 13.4. The van der Waals surface area contributed by atoms with Crippen LogP contribution in [-0.4, -0.2) is 22.3 Å². The van der Waals surface area contributed by atoms with E-state index in [9.17, 15) is 0 Å². The van der Waals surface area contributed by atoms with E-state index in [0.29, 0.717) is 0 Å². The largest absolute Gasteiger partial charge is 0.244 e. The zero-order valence-corrected chi connectivity index (χ0v) is 22.5. The Kier molecular flexibility index (Phi) is 5.36. The van der Waals surface area contributed by atoms with Crippen LogP contribution in [0.25, 0.3) is 11.0 Å². The van der Waals surface area contributed by atoms with Gasteiger partial charge in [0.15, 0.2) is 0 Å². The maximum absolute atomic E-state index is 5.29. The molecule has 8 fully saturated rings. The lowest BCUT2D eigenvalue weighted by molar-refractivity contribution is -0.0264. The van der Waals surface area contributed by atoms with Crippen molar-refractivity contribution in [1.82, 2.24) is 9.97 Å². The van der Waals surface area contributed by atoms with Crippen molar-refractivity contribution in [2.75, 3.05) is 12.3 Å². The second-order valence-corrected chi connectivity index (χ2v) is 15.8. The van der Waals surface area contributed by atoms with Crippen molar-refractivity contribution in [2.45, 2.75) is 64.2 Å². The van der Waals surface area contributed by atoms with E-state index in [0.717, 1.165) is 87.4 Å². The van der Waals surface area contributed by atoms with Crippen LogP contribution in [0.15, 0.2) is 24.3 Å². The van der Waals surface area contributed by atoms with Gasteiger partial charge in [-0.1, -0.05) is 29.3 Å². The van der Waals surface area contributed by atoms with Crippen molar-refractivity contribution >= 4 is 39.1 Å². The van der Waals surface area contributed by atoms with Gasteiger partial charge in [-0.3, -0.25) is 0 Å². The van der Waals surface area contributed by atoms with Crippen LogP contribution in [0.3, 0.4) is 0 Å². The molecule has 0 radical (unpaired) electrons. The van der Waals surface area contributed by atoms with Gasteiger partial charge in [0.25, 0.3) is 0 Å². The highest BCUT2D eigenvalue weighted by Gasteiger charge is 2.49. The molecule has 8 aliphatic carbocycles. The van der Waals surface area contributed by atoms with E-state index in [-0.39, 0.29) is 0 Å². The van der Waals surface area contributed by atoms with E-state index in [1.54, 1.807) is 64.2 Å². The van der Waals surface area contributed by atoms with Gasteiger partial charge in [-0.2, -0.15) is 0 Å². The molecule has 10 rings (SSSR count). The number of benzene rings is 1. The van der Waals surface area contributed by atoms with E-state index in [1.165, 1.54) is 23.2 Å². The first-order valence-electron chi connectivity index (χ1n) is 14.5. The quantitative estimate of drug-likeness (QED) is 0.439. The fourth-order valence-corrected chi connectivity index (χ4v) is 14.0. The Bertz CT molecular complexity index is 942. The summed E-state index contributed by atoms with van der Waals surface area (Å²) in [7, 11) is 1.74. The first-order chi connectivity index (χ1) is 16.7. The second kappa shape index (κ2) is 8.48. The highest BCUT2D eigenvalue weighted by molar-refractivity contribution is 7.54. The maximum Gasteiger partial charge on any atom is 0.0894 e. The highest BCUT2D eigenvalue weighted by Crippen LogP contribution is 2.58. The van der Waals surface area contributed by atoms with Crippen LogP contribution < -0.4 is 10.9 Å². The third kappa shape index (κ3) is 3.72. The minimum atomic E-state index is 0.871. The van der Waals surface area contributed by atoms with Crippen LogP contribution >= 0.6 is 17.2 Å². The Labute approximate surface area is 208 Å². The Balaban J connectivity index is 1.02. The maximum atomic E-state index is 5.29. The predicted octanol–water partition coefficient (Wildman–Crippen LogP) is 6.38. The first-order valence-corrected chi connectivity index (χ1v) is 16.9. The molecule has 8 bridgehead atoms. The Morgan fingerprint density at radius 3 is 1.24 bits per heavy atom. The first kappa shape index (κ1) is 21.5. The molecule has 8 aliphatic rings. The third-order valence-corrected chi connectivity index (χ3v) is 14.4. The van der Waals surface area contributed by atoms with Crippen LogP contribution in [0.4, 0.5) is 0 Å². The Hall–Kier alpha value is -0.580. The molecule has 34 heavy (non-hydrogen) atoms. The monoisotopic (exact) mass is 490 g/mol. The summed E-state index contributed by atoms with van der Waals surface area (Å²) in [5, 5.41) is 0. The highest BCUT2D eigenvalue weighted by atomic mass is 31.1. The van der Waals surface area contributed by atoms with Gasteiger partial charge in [-0.15, -0.1) is 0 Å². The number of rotatable bonds is 6. The summed E-state index contributed by atoms with van der Waals surface area (Å²) in [6.45, 7) is 0. The molecular weight excluding hydrogens is 450 g/mol. The minimum Gasteiger partial charge on any atom is -0.244 e. The van der Waals surface area contributed by atoms with Gasteiger partial charge >= 0.3 is 0 Å². The van der Waals surface area contributed by atoms with Crippen molar-refractivity contribution in [3.8, 4) is 0 Å². The molecule has 1 aromatic heterocycles. The Morgan fingerprint density at radius 1 is 0.529 bits per heavy atom. The van der Waals surface area contributed by atoms with Crippen LogP contribution in [0, 0.1) is 59.2 Å². The van der Waals surface area contributed by atoms with E-state index < -0.39 is 0 Å². The molecule has 2 atom stereocenters. The lowest BCUT2D eigenvalue weighted by Gasteiger charge is -2.54. The van der Waals surface area contributed by atoms with Gasteiger partial charge in [-0.25, -0.2) is 9.97 Å². The lowest BCUT2D eigenvalue weighted by Crippen LogP contribution is -2.46. The number of hydrogen-bond donors (Lipinski definition) is 0. The van der Waals surface area contributed by atoms with Crippen molar-refractivity contribution in [3.05, 3.63) is 24.3 Å². The van der Waals surface area contributed by atoms with Crippen LogP contribution in [0.2, 0.25) is 0 Å². The number of aromatic nitrogens is 2. The van der Waals surface area contributed by atoms with E-state index in [1.807, 2.05) is 0 Å². The molecule has 2 unspecified atom stereocenters. The van der Waals surface area contributed by atoms with Crippen molar-refractivity contribution in [3.63, 3.8) is 0 Å². The van der Waals surface area contributed by atoms with Gasteiger partial charge in [0.2, 0.25) is 0 Å². The molecule has 1 heterocycles. The predicted molar refractivity (Wildman–Crippen MR) is 146 cm³/mol. The Morgan fingerprint density at radius 2 is 0.882 bits per heavy atom. The van der Waals surface area contributed by atoms with E-state index in [4.69, 9.17) is 9.97 Å². The van der Waals surface area contributed by atoms with Crippen LogP contribution in [0.1, 0.15) is 64.2 Å². The SMILES string of the molecule is c1ccc2nc(PCC3C4CC5CC(C4)CC3C5)c(PCC3C4CC5CC(C4)CC3C5)nc2c1. The molecule has 0 aliphatic heterocycles. The van der Waals surface area contributed by atoms with E-state index in [2.05, 4.69) is 24.3 Å². The van der Waals surface area contributed by atoms with Gasteiger partial charge in [0.05, 0.1) is 21.9 Å². The smallest absolute Gasteiger partial charge is 0.0894 e. The molecule has 0 amide bonds. The van der Waals surface area contributed by atoms with Crippen molar-refractivity contribution in [1.29, 1.82) is 0 Å². The zero-order chi connectivity index (χ0) is 22.2.